The molecule has 1 fully saturated rings. The molecule has 2 N–H and O–H groups in total. The van der Waals surface area contributed by atoms with Crippen molar-refractivity contribution in [3.05, 3.63) is 61.4 Å². The summed E-state index contributed by atoms with van der Waals surface area (Å²) in [4.78, 5) is 17.1. The molecule has 3 aromatic rings. The number of ether oxygens (including phenoxy) is 2. The van der Waals surface area contributed by atoms with Crippen LogP contribution in [0.2, 0.25) is 15.1 Å². The minimum absolute atomic E-state index is 0.0561. The van der Waals surface area contributed by atoms with Crippen LogP contribution in [0.15, 0.2) is 35.3 Å². The molecule has 1 aliphatic rings. The molecule has 2 aromatic heterocycles. The van der Waals surface area contributed by atoms with E-state index in [9.17, 15) is 15.0 Å². The van der Waals surface area contributed by atoms with Crippen LogP contribution in [0.1, 0.15) is 5.69 Å². The molecule has 0 saturated carbocycles. The van der Waals surface area contributed by atoms with Gasteiger partial charge in [-0.2, -0.15) is 0 Å². The van der Waals surface area contributed by atoms with Crippen molar-refractivity contribution in [2.45, 2.75) is 6.61 Å². The van der Waals surface area contributed by atoms with Gasteiger partial charge in [-0.25, -0.2) is 4.98 Å². The van der Waals surface area contributed by atoms with Gasteiger partial charge in [0.25, 0.3) is 0 Å². The van der Waals surface area contributed by atoms with Crippen LogP contribution in [0.4, 0.5) is 0 Å². The number of hydrogen-bond donors (Lipinski definition) is 2. The number of para-hydroxylation sites is 1. The number of aliphatic hydroxyl groups excluding tert-OH is 2. The highest BCUT2D eigenvalue weighted by molar-refractivity contribution is 6.38. The number of fused-ring (bicyclic) bond motifs is 1. The second-order valence-corrected chi connectivity index (χ2v) is 8.36. The van der Waals surface area contributed by atoms with Gasteiger partial charge in [-0.3, -0.25) is 4.79 Å². The standard InChI is InChI=1S/C20H17Cl3N2O5/c21-12-2-1-3-13(22)17(12)25-11(6-26)4-15(28)16-18(25)14(23)5-24-19(16)30-10-20(7-27)8-29-9-20/h1-5,26-27H,6-10H2. The van der Waals surface area contributed by atoms with E-state index in [0.29, 0.717) is 28.9 Å². The van der Waals surface area contributed by atoms with Crippen molar-refractivity contribution in [1.82, 2.24) is 9.55 Å². The fourth-order valence-corrected chi connectivity index (χ4v) is 4.14. The fourth-order valence-electron chi connectivity index (χ4n) is 3.35. The molecule has 10 heteroatoms. The van der Waals surface area contributed by atoms with Crippen molar-refractivity contribution < 1.29 is 19.7 Å². The zero-order valence-corrected chi connectivity index (χ0v) is 17.8. The Hall–Kier alpha value is -1.87. The number of nitrogens with zero attached hydrogens (tertiary/aromatic N) is 2. The van der Waals surface area contributed by atoms with Gasteiger partial charge in [-0.1, -0.05) is 40.9 Å². The Morgan fingerprint density at radius 2 is 1.87 bits per heavy atom. The van der Waals surface area contributed by atoms with Crippen molar-refractivity contribution in [3.63, 3.8) is 0 Å². The quantitative estimate of drug-likeness (QED) is 0.573. The van der Waals surface area contributed by atoms with Gasteiger partial charge in [-0.15, -0.1) is 0 Å². The smallest absolute Gasteiger partial charge is 0.227 e. The van der Waals surface area contributed by atoms with E-state index >= 15 is 0 Å². The van der Waals surface area contributed by atoms with Crippen LogP contribution < -0.4 is 10.2 Å². The van der Waals surface area contributed by atoms with E-state index in [1.54, 1.807) is 18.2 Å². The summed E-state index contributed by atoms with van der Waals surface area (Å²) in [5.74, 6) is 0.0561. The molecule has 1 aromatic carbocycles. The fraction of sp³-hybridized carbons (Fsp3) is 0.300. The average Bonchev–Trinajstić information content (AvgIpc) is 2.69. The first kappa shape index (κ1) is 21.4. The average molecular weight is 472 g/mol. The molecular formula is C20H17Cl3N2O5. The van der Waals surface area contributed by atoms with Gasteiger partial charge >= 0.3 is 0 Å². The molecule has 3 heterocycles. The lowest BCUT2D eigenvalue weighted by molar-refractivity contribution is -0.153. The van der Waals surface area contributed by atoms with Gasteiger partial charge in [0.2, 0.25) is 5.88 Å². The Kier molecular flexibility index (Phi) is 5.94. The minimum Gasteiger partial charge on any atom is -0.476 e. The molecule has 0 aliphatic carbocycles. The van der Waals surface area contributed by atoms with E-state index in [2.05, 4.69) is 4.98 Å². The minimum atomic E-state index is -0.538. The van der Waals surface area contributed by atoms with Gasteiger partial charge in [0.05, 0.1) is 70.0 Å². The zero-order valence-electron chi connectivity index (χ0n) is 15.6. The molecule has 30 heavy (non-hydrogen) atoms. The summed E-state index contributed by atoms with van der Waals surface area (Å²) in [5, 5.41) is 20.4. The number of rotatable bonds is 6. The van der Waals surface area contributed by atoms with Crippen molar-refractivity contribution in [2.75, 3.05) is 26.4 Å². The van der Waals surface area contributed by atoms with E-state index in [1.165, 1.54) is 16.8 Å². The van der Waals surface area contributed by atoms with Crippen LogP contribution in [-0.4, -0.2) is 46.2 Å². The summed E-state index contributed by atoms with van der Waals surface area (Å²) in [6.07, 6.45) is 1.35. The lowest BCUT2D eigenvalue weighted by atomic mass is 9.88. The van der Waals surface area contributed by atoms with Gasteiger partial charge in [0, 0.05) is 6.07 Å². The summed E-state index contributed by atoms with van der Waals surface area (Å²) < 4.78 is 12.5. The van der Waals surface area contributed by atoms with Gasteiger partial charge in [-0.05, 0) is 12.1 Å². The molecule has 0 radical (unpaired) electrons. The molecular weight excluding hydrogens is 455 g/mol. The maximum Gasteiger partial charge on any atom is 0.227 e. The Labute approximate surface area is 186 Å². The lowest BCUT2D eigenvalue weighted by Crippen LogP contribution is -2.50. The maximum atomic E-state index is 12.9. The van der Waals surface area contributed by atoms with E-state index in [1.807, 2.05) is 0 Å². The monoisotopic (exact) mass is 470 g/mol. The van der Waals surface area contributed by atoms with Gasteiger partial charge < -0.3 is 24.3 Å². The van der Waals surface area contributed by atoms with Crippen LogP contribution in [0, 0.1) is 5.41 Å². The topological polar surface area (TPSA) is 93.8 Å². The van der Waals surface area contributed by atoms with Crippen LogP contribution in [0.5, 0.6) is 5.88 Å². The van der Waals surface area contributed by atoms with E-state index in [4.69, 9.17) is 44.3 Å². The molecule has 0 bridgehead atoms. The van der Waals surface area contributed by atoms with E-state index in [0.717, 1.165) is 0 Å². The number of benzene rings is 1. The molecule has 0 amide bonds. The first-order valence-electron chi connectivity index (χ1n) is 9.00. The Balaban J connectivity index is 1.96. The molecule has 1 aliphatic heterocycles. The Bertz CT molecular complexity index is 1150. The third kappa shape index (κ3) is 3.56. The van der Waals surface area contributed by atoms with Crippen molar-refractivity contribution >= 4 is 45.7 Å². The van der Waals surface area contributed by atoms with Gasteiger partial charge in [0.1, 0.15) is 12.0 Å². The number of aliphatic hydroxyl groups is 2. The molecule has 158 valence electrons. The maximum absolute atomic E-state index is 12.9. The van der Waals surface area contributed by atoms with Crippen molar-refractivity contribution in [1.29, 1.82) is 0 Å². The number of pyridine rings is 2. The third-order valence-electron chi connectivity index (χ3n) is 5.02. The Morgan fingerprint density at radius 3 is 2.43 bits per heavy atom. The summed E-state index contributed by atoms with van der Waals surface area (Å²) >= 11 is 19.2. The van der Waals surface area contributed by atoms with Crippen molar-refractivity contribution in [3.8, 4) is 11.6 Å². The predicted octanol–water partition coefficient (Wildman–Crippen LogP) is 3.23. The van der Waals surface area contributed by atoms with Crippen LogP contribution in [0.3, 0.4) is 0 Å². The van der Waals surface area contributed by atoms with Crippen LogP contribution in [0.25, 0.3) is 16.6 Å². The van der Waals surface area contributed by atoms with E-state index < -0.39 is 17.5 Å². The van der Waals surface area contributed by atoms with Crippen molar-refractivity contribution in [2.24, 2.45) is 5.41 Å². The third-order valence-corrected chi connectivity index (χ3v) is 5.90. The second kappa shape index (κ2) is 8.34. The molecule has 1 saturated heterocycles. The normalized spacial score (nSPS) is 15.2. The summed E-state index contributed by atoms with van der Waals surface area (Å²) in [7, 11) is 0. The second-order valence-electron chi connectivity index (χ2n) is 7.14. The molecule has 7 nitrogen and oxygen atoms in total. The van der Waals surface area contributed by atoms with E-state index in [-0.39, 0.29) is 40.7 Å². The molecule has 0 spiro atoms. The first-order valence-corrected chi connectivity index (χ1v) is 10.1. The molecule has 0 atom stereocenters. The largest absolute Gasteiger partial charge is 0.476 e. The zero-order chi connectivity index (χ0) is 21.5. The number of hydrogen-bond acceptors (Lipinski definition) is 6. The number of aromatic nitrogens is 2. The molecule has 4 rings (SSSR count). The predicted molar refractivity (Wildman–Crippen MR) is 114 cm³/mol. The first-order chi connectivity index (χ1) is 14.4. The lowest BCUT2D eigenvalue weighted by Gasteiger charge is -2.39. The van der Waals surface area contributed by atoms with Crippen LogP contribution in [-0.2, 0) is 11.3 Å². The summed E-state index contributed by atoms with van der Waals surface area (Å²) in [6, 6.07) is 6.23. The highest BCUT2D eigenvalue weighted by Crippen LogP contribution is 2.36. The number of halogens is 3. The Morgan fingerprint density at radius 1 is 1.17 bits per heavy atom. The van der Waals surface area contributed by atoms with Gasteiger partial charge in [0.15, 0.2) is 5.43 Å². The highest BCUT2D eigenvalue weighted by atomic mass is 35.5. The highest BCUT2D eigenvalue weighted by Gasteiger charge is 2.39. The summed E-state index contributed by atoms with van der Waals surface area (Å²) in [6.45, 7) is 0.243. The molecule has 0 unspecified atom stereocenters. The summed E-state index contributed by atoms with van der Waals surface area (Å²) in [5.41, 5.74) is -0.0875. The van der Waals surface area contributed by atoms with Crippen LogP contribution >= 0.6 is 34.8 Å². The SMILES string of the molecule is O=c1cc(CO)n(-c2c(Cl)cccc2Cl)c2c(Cl)cnc(OCC3(CO)COC3)c12.